The fraction of sp³-hybridized carbons (Fsp3) is 0.304. The zero-order valence-electron chi connectivity index (χ0n) is 15.2. The maximum Gasteiger partial charge on any atom is 0.340 e. The summed E-state index contributed by atoms with van der Waals surface area (Å²) in [5.41, 5.74) is 3.21. The van der Waals surface area contributed by atoms with Gasteiger partial charge in [-0.2, -0.15) is 0 Å². The predicted octanol–water partition coefficient (Wildman–Crippen LogP) is 5.26. The van der Waals surface area contributed by atoms with E-state index in [1.165, 1.54) is 37.7 Å². The van der Waals surface area contributed by atoms with Crippen LogP contribution in [-0.4, -0.2) is 23.3 Å². The number of esters is 1. The van der Waals surface area contributed by atoms with Crippen LogP contribution in [0.3, 0.4) is 0 Å². The van der Waals surface area contributed by atoms with Crippen molar-refractivity contribution in [2.24, 2.45) is 0 Å². The van der Waals surface area contributed by atoms with Gasteiger partial charge in [0.15, 0.2) is 12.4 Å². The Hall–Kier alpha value is -2.88. The van der Waals surface area contributed by atoms with E-state index in [0.717, 1.165) is 10.9 Å². The largest absolute Gasteiger partial charge is 0.454 e. The second-order valence-electron chi connectivity index (χ2n) is 7.20. The molecule has 0 radical (unpaired) electrons. The number of rotatable bonds is 5. The summed E-state index contributed by atoms with van der Waals surface area (Å²) < 4.78 is 5.25. The number of ketones is 1. The summed E-state index contributed by atoms with van der Waals surface area (Å²) in [6, 6.07) is 15.3. The molecule has 27 heavy (non-hydrogen) atoms. The highest BCUT2D eigenvalue weighted by Crippen LogP contribution is 2.32. The van der Waals surface area contributed by atoms with Gasteiger partial charge in [-0.3, -0.25) is 4.79 Å². The SMILES string of the molecule is O=C(COC(=O)c1c[nH]c2ccccc12)c1ccc(C2CCCCC2)cc1. The van der Waals surface area contributed by atoms with E-state index in [2.05, 4.69) is 4.98 Å². The van der Waals surface area contributed by atoms with Gasteiger partial charge in [0.05, 0.1) is 5.56 Å². The smallest absolute Gasteiger partial charge is 0.340 e. The van der Waals surface area contributed by atoms with Gasteiger partial charge in [-0.1, -0.05) is 61.7 Å². The molecule has 0 saturated heterocycles. The monoisotopic (exact) mass is 361 g/mol. The number of aromatic amines is 1. The fourth-order valence-corrected chi connectivity index (χ4v) is 3.91. The van der Waals surface area contributed by atoms with Gasteiger partial charge in [0, 0.05) is 22.7 Å². The number of para-hydroxylation sites is 1. The molecule has 3 aromatic rings. The molecule has 1 saturated carbocycles. The highest BCUT2D eigenvalue weighted by Gasteiger charge is 2.17. The Morgan fingerprint density at radius 3 is 2.48 bits per heavy atom. The molecule has 1 N–H and O–H groups in total. The van der Waals surface area contributed by atoms with E-state index in [0.29, 0.717) is 17.0 Å². The topological polar surface area (TPSA) is 59.2 Å². The van der Waals surface area contributed by atoms with Crippen molar-refractivity contribution in [1.29, 1.82) is 0 Å². The molecular formula is C23H23NO3. The molecule has 0 unspecified atom stereocenters. The molecule has 2 aromatic carbocycles. The van der Waals surface area contributed by atoms with Crippen molar-refractivity contribution in [3.63, 3.8) is 0 Å². The van der Waals surface area contributed by atoms with Crippen LogP contribution in [-0.2, 0) is 4.74 Å². The Bertz CT molecular complexity index is 949. The van der Waals surface area contributed by atoms with Crippen LogP contribution in [0.25, 0.3) is 10.9 Å². The molecule has 4 rings (SSSR count). The van der Waals surface area contributed by atoms with E-state index in [-0.39, 0.29) is 12.4 Å². The van der Waals surface area contributed by atoms with Crippen molar-refractivity contribution in [1.82, 2.24) is 4.98 Å². The lowest BCUT2D eigenvalue weighted by Gasteiger charge is -2.22. The molecule has 1 heterocycles. The second-order valence-corrected chi connectivity index (χ2v) is 7.20. The quantitative estimate of drug-likeness (QED) is 0.498. The molecule has 4 nitrogen and oxygen atoms in total. The summed E-state index contributed by atoms with van der Waals surface area (Å²) >= 11 is 0. The van der Waals surface area contributed by atoms with Crippen LogP contribution >= 0.6 is 0 Å². The van der Waals surface area contributed by atoms with Crippen LogP contribution in [0.1, 0.15) is 64.3 Å². The summed E-state index contributed by atoms with van der Waals surface area (Å²) in [5.74, 6) is -0.0550. The number of Topliss-reactive ketones (excluding diaryl/α,β-unsaturated/α-hetero) is 1. The molecule has 0 aliphatic heterocycles. The minimum absolute atomic E-state index is 0.182. The predicted molar refractivity (Wildman–Crippen MR) is 105 cm³/mol. The van der Waals surface area contributed by atoms with Crippen LogP contribution in [0.15, 0.2) is 54.7 Å². The first-order valence-corrected chi connectivity index (χ1v) is 9.59. The standard InChI is InChI=1S/C23H23NO3/c25-22(18-12-10-17(11-13-18)16-6-2-1-3-7-16)15-27-23(26)20-14-24-21-9-5-4-8-19(20)21/h4-5,8-14,16,24H,1-3,6-7,15H2. The average Bonchev–Trinajstić information content (AvgIpc) is 3.17. The molecule has 0 bridgehead atoms. The zero-order chi connectivity index (χ0) is 18.6. The third-order valence-corrected chi connectivity index (χ3v) is 5.45. The molecule has 4 heteroatoms. The van der Waals surface area contributed by atoms with E-state index in [4.69, 9.17) is 4.74 Å². The van der Waals surface area contributed by atoms with Gasteiger partial charge in [-0.25, -0.2) is 4.79 Å². The van der Waals surface area contributed by atoms with Crippen molar-refractivity contribution >= 4 is 22.7 Å². The second kappa shape index (κ2) is 7.78. The molecule has 0 atom stereocenters. The zero-order valence-corrected chi connectivity index (χ0v) is 15.2. The summed E-state index contributed by atoms with van der Waals surface area (Å²) in [6.45, 7) is -0.249. The number of H-pyrrole nitrogens is 1. The van der Waals surface area contributed by atoms with Crippen molar-refractivity contribution in [3.05, 3.63) is 71.4 Å². The molecule has 1 aliphatic carbocycles. The van der Waals surface area contributed by atoms with E-state index < -0.39 is 5.97 Å². The molecule has 1 aromatic heterocycles. The number of nitrogens with one attached hydrogen (secondary N) is 1. The van der Waals surface area contributed by atoms with Crippen LogP contribution in [0.5, 0.6) is 0 Å². The van der Waals surface area contributed by atoms with Gasteiger partial charge in [0.25, 0.3) is 0 Å². The summed E-state index contributed by atoms with van der Waals surface area (Å²) in [5, 5.41) is 0.798. The lowest BCUT2D eigenvalue weighted by atomic mass is 9.84. The van der Waals surface area contributed by atoms with E-state index in [1.807, 2.05) is 48.5 Å². The number of hydrogen-bond donors (Lipinski definition) is 1. The molecule has 0 amide bonds. The Morgan fingerprint density at radius 1 is 0.963 bits per heavy atom. The highest BCUT2D eigenvalue weighted by atomic mass is 16.5. The fourth-order valence-electron chi connectivity index (χ4n) is 3.91. The Labute approximate surface area is 158 Å². The molecule has 138 valence electrons. The van der Waals surface area contributed by atoms with Crippen molar-refractivity contribution < 1.29 is 14.3 Å². The number of benzene rings is 2. The van der Waals surface area contributed by atoms with Crippen LogP contribution in [0, 0.1) is 0 Å². The van der Waals surface area contributed by atoms with E-state index >= 15 is 0 Å². The maximum atomic E-state index is 12.4. The normalized spacial score (nSPS) is 15.0. The Balaban J connectivity index is 1.38. The van der Waals surface area contributed by atoms with Crippen molar-refractivity contribution in [2.75, 3.05) is 6.61 Å². The third-order valence-electron chi connectivity index (χ3n) is 5.45. The minimum Gasteiger partial charge on any atom is -0.454 e. The summed E-state index contributed by atoms with van der Waals surface area (Å²) in [7, 11) is 0. The van der Waals surface area contributed by atoms with Gasteiger partial charge in [0.2, 0.25) is 0 Å². The molecule has 1 aliphatic rings. The number of carbonyl (C=O) groups excluding carboxylic acids is 2. The van der Waals surface area contributed by atoms with E-state index in [9.17, 15) is 9.59 Å². The maximum absolute atomic E-state index is 12.4. The number of hydrogen-bond acceptors (Lipinski definition) is 3. The molecular weight excluding hydrogens is 338 g/mol. The van der Waals surface area contributed by atoms with E-state index in [1.54, 1.807) is 6.20 Å². The number of ether oxygens (including phenoxy) is 1. The number of aromatic nitrogens is 1. The Kier molecular flexibility index (Phi) is 5.05. The summed E-state index contributed by atoms with van der Waals surface area (Å²) in [4.78, 5) is 27.7. The first-order chi connectivity index (χ1) is 13.2. The van der Waals surface area contributed by atoms with Crippen molar-refractivity contribution in [2.45, 2.75) is 38.0 Å². The van der Waals surface area contributed by atoms with Crippen LogP contribution < -0.4 is 0 Å². The number of carbonyl (C=O) groups is 2. The van der Waals surface area contributed by atoms with Crippen LogP contribution in [0.2, 0.25) is 0 Å². The lowest BCUT2D eigenvalue weighted by Crippen LogP contribution is -2.14. The van der Waals surface area contributed by atoms with Gasteiger partial charge in [0.1, 0.15) is 0 Å². The minimum atomic E-state index is -0.486. The Morgan fingerprint density at radius 2 is 1.70 bits per heavy atom. The van der Waals surface area contributed by atoms with Gasteiger partial charge in [-0.05, 0) is 30.4 Å². The summed E-state index contributed by atoms with van der Waals surface area (Å²) in [6.07, 6.45) is 7.99. The lowest BCUT2D eigenvalue weighted by molar-refractivity contribution is 0.0476. The van der Waals surface area contributed by atoms with Crippen molar-refractivity contribution in [3.8, 4) is 0 Å². The van der Waals surface area contributed by atoms with Crippen LogP contribution in [0.4, 0.5) is 0 Å². The third kappa shape index (κ3) is 3.80. The van der Waals surface area contributed by atoms with Gasteiger partial charge >= 0.3 is 5.97 Å². The average molecular weight is 361 g/mol. The van der Waals surface area contributed by atoms with Gasteiger partial charge < -0.3 is 9.72 Å². The molecule has 0 spiro atoms. The van der Waals surface area contributed by atoms with Gasteiger partial charge in [-0.15, -0.1) is 0 Å². The number of fused-ring (bicyclic) bond motifs is 1. The molecule has 1 fully saturated rings. The first kappa shape index (κ1) is 17.5. The first-order valence-electron chi connectivity index (χ1n) is 9.59. The highest BCUT2D eigenvalue weighted by molar-refractivity contribution is 6.05.